The van der Waals surface area contributed by atoms with Crippen molar-refractivity contribution in [3.63, 3.8) is 0 Å². The van der Waals surface area contributed by atoms with Crippen LogP contribution in [0.25, 0.3) is 0 Å². The maximum Gasteiger partial charge on any atom is 0.240 e. The Bertz CT molecular complexity index is 606. The highest BCUT2D eigenvalue weighted by molar-refractivity contribution is 5.19. The summed E-state index contributed by atoms with van der Waals surface area (Å²) in [4.78, 5) is 6.46. The third-order valence-corrected chi connectivity index (χ3v) is 4.22. The minimum atomic E-state index is -0.534. The summed E-state index contributed by atoms with van der Waals surface area (Å²) in [7, 11) is 0. The molecule has 0 spiro atoms. The van der Waals surface area contributed by atoms with Crippen molar-refractivity contribution in [3.05, 3.63) is 47.4 Å². The van der Waals surface area contributed by atoms with E-state index in [1.807, 2.05) is 0 Å². The Kier molecular flexibility index (Phi) is 4.49. The van der Waals surface area contributed by atoms with Gasteiger partial charge in [0, 0.05) is 0 Å². The van der Waals surface area contributed by atoms with Crippen LogP contribution in [-0.2, 0) is 6.54 Å². The summed E-state index contributed by atoms with van der Waals surface area (Å²) in [5.41, 5.74) is 0.785. The molecule has 1 N–H and O–H groups in total. The van der Waals surface area contributed by atoms with Gasteiger partial charge in [-0.05, 0) is 56.5 Å². The van der Waals surface area contributed by atoms with Crippen LogP contribution >= 0.6 is 0 Å². The van der Waals surface area contributed by atoms with Gasteiger partial charge in [-0.3, -0.25) is 4.90 Å². The normalized spacial score (nSPS) is 18.5. The molecule has 6 heteroatoms. The first kappa shape index (κ1) is 15.1. The number of aryl methyl sites for hydroxylation is 1. The van der Waals surface area contributed by atoms with Crippen molar-refractivity contribution in [2.45, 2.75) is 32.4 Å². The van der Waals surface area contributed by atoms with Gasteiger partial charge in [0.15, 0.2) is 5.82 Å². The van der Waals surface area contributed by atoms with Crippen LogP contribution in [0.1, 0.15) is 36.2 Å². The predicted molar refractivity (Wildman–Crippen MR) is 78.4 cm³/mol. The molecule has 1 aliphatic rings. The third kappa shape index (κ3) is 3.51. The van der Waals surface area contributed by atoms with Crippen molar-refractivity contribution in [3.8, 4) is 0 Å². The lowest BCUT2D eigenvalue weighted by atomic mass is 9.87. The molecule has 0 aliphatic carbocycles. The maximum absolute atomic E-state index is 12.9. The zero-order valence-corrected chi connectivity index (χ0v) is 12.6. The predicted octanol–water partition coefficient (Wildman–Crippen LogP) is 2.46. The molecule has 1 aromatic heterocycles. The van der Waals surface area contributed by atoms with Crippen LogP contribution in [0.3, 0.4) is 0 Å². The number of halogens is 1. The van der Waals surface area contributed by atoms with Gasteiger partial charge in [0.05, 0.1) is 12.6 Å². The molecule has 0 saturated carbocycles. The highest BCUT2D eigenvalue weighted by Crippen LogP contribution is 2.31. The van der Waals surface area contributed by atoms with Gasteiger partial charge in [-0.1, -0.05) is 17.3 Å². The van der Waals surface area contributed by atoms with Gasteiger partial charge < -0.3 is 9.63 Å². The van der Waals surface area contributed by atoms with Crippen LogP contribution in [0.5, 0.6) is 0 Å². The Hall–Kier alpha value is -1.79. The number of likely N-dealkylation sites (tertiary alicyclic amines) is 1. The molecule has 1 fully saturated rings. The molecule has 1 aromatic carbocycles. The van der Waals surface area contributed by atoms with Gasteiger partial charge in [-0.15, -0.1) is 0 Å². The third-order valence-electron chi connectivity index (χ3n) is 4.22. The number of nitrogens with zero attached hydrogens (tertiary/aromatic N) is 3. The first-order valence-corrected chi connectivity index (χ1v) is 7.57. The highest BCUT2D eigenvalue weighted by Gasteiger charge is 2.27. The Labute approximate surface area is 128 Å². The van der Waals surface area contributed by atoms with Crippen molar-refractivity contribution < 1.29 is 14.0 Å². The lowest BCUT2D eigenvalue weighted by molar-refractivity contribution is 0.0537. The second kappa shape index (κ2) is 6.54. The van der Waals surface area contributed by atoms with Crippen molar-refractivity contribution in [1.29, 1.82) is 0 Å². The molecule has 5 nitrogen and oxygen atoms in total. The number of aliphatic hydroxyl groups is 1. The quantitative estimate of drug-likeness (QED) is 0.940. The molecule has 22 heavy (non-hydrogen) atoms. The zero-order valence-electron chi connectivity index (χ0n) is 12.6. The summed E-state index contributed by atoms with van der Waals surface area (Å²) in [5, 5.41) is 14.2. The topological polar surface area (TPSA) is 62.4 Å². The highest BCUT2D eigenvalue weighted by atomic mass is 19.1. The lowest BCUT2D eigenvalue weighted by Crippen LogP contribution is -2.35. The van der Waals surface area contributed by atoms with Crippen LogP contribution < -0.4 is 0 Å². The fourth-order valence-electron chi connectivity index (χ4n) is 2.95. The van der Waals surface area contributed by atoms with Crippen molar-refractivity contribution in [2.75, 3.05) is 13.1 Å². The summed E-state index contributed by atoms with van der Waals surface area (Å²) >= 11 is 0. The van der Waals surface area contributed by atoms with E-state index in [2.05, 4.69) is 15.0 Å². The molecule has 1 atom stereocenters. The average molecular weight is 305 g/mol. The summed E-state index contributed by atoms with van der Waals surface area (Å²) in [6.07, 6.45) is 1.26. The molecule has 1 unspecified atom stereocenters. The second-order valence-electron chi connectivity index (χ2n) is 5.85. The van der Waals surface area contributed by atoms with Gasteiger partial charge in [0.1, 0.15) is 5.82 Å². The van der Waals surface area contributed by atoms with E-state index in [-0.39, 0.29) is 11.7 Å². The van der Waals surface area contributed by atoms with Gasteiger partial charge in [-0.2, -0.15) is 4.98 Å². The fraction of sp³-hybridized carbons (Fsp3) is 0.500. The molecule has 1 aliphatic heterocycles. The average Bonchev–Trinajstić information content (AvgIpc) is 2.93. The van der Waals surface area contributed by atoms with Gasteiger partial charge in [-0.25, -0.2) is 4.39 Å². The van der Waals surface area contributed by atoms with Crippen molar-refractivity contribution >= 4 is 0 Å². The Balaban J connectivity index is 1.53. The first-order valence-electron chi connectivity index (χ1n) is 7.57. The summed E-state index contributed by atoms with van der Waals surface area (Å²) in [6.45, 7) is 4.22. The van der Waals surface area contributed by atoms with Crippen LogP contribution in [0, 0.1) is 18.7 Å². The molecule has 2 aromatic rings. The smallest absolute Gasteiger partial charge is 0.240 e. The van der Waals surface area contributed by atoms with Gasteiger partial charge >= 0.3 is 0 Å². The Morgan fingerprint density at radius 3 is 2.59 bits per heavy atom. The van der Waals surface area contributed by atoms with Crippen molar-refractivity contribution in [1.82, 2.24) is 15.0 Å². The second-order valence-corrected chi connectivity index (χ2v) is 5.85. The van der Waals surface area contributed by atoms with Crippen LogP contribution in [0.15, 0.2) is 28.8 Å². The largest absolute Gasteiger partial charge is 0.388 e. The number of aliphatic hydroxyl groups excluding tert-OH is 1. The number of aromatic nitrogens is 2. The van der Waals surface area contributed by atoms with E-state index < -0.39 is 6.10 Å². The number of benzene rings is 1. The summed E-state index contributed by atoms with van der Waals surface area (Å²) in [5.74, 6) is 1.21. The van der Waals surface area contributed by atoms with E-state index in [1.165, 1.54) is 12.1 Å². The molecule has 0 radical (unpaired) electrons. The molecular formula is C16H20FN3O2. The molecule has 3 rings (SSSR count). The molecule has 2 heterocycles. The minimum absolute atomic E-state index is 0.200. The summed E-state index contributed by atoms with van der Waals surface area (Å²) in [6, 6.07) is 6.11. The number of hydrogen-bond donors (Lipinski definition) is 1. The van der Waals surface area contributed by atoms with E-state index >= 15 is 0 Å². The van der Waals surface area contributed by atoms with E-state index in [9.17, 15) is 9.50 Å². The van der Waals surface area contributed by atoms with Crippen molar-refractivity contribution in [2.24, 2.45) is 5.92 Å². The first-order chi connectivity index (χ1) is 10.6. The molecule has 0 amide bonds. The van der Waals surface area contributed by atoms with E-state index in [0.717, 1.165) is 31.5 Å². The monoisotopic (exact) mass is 305 g/mol. The van der Waals surface area contributed by atoms with Gasteiger partial charge in [0.2, 0.25) is 5.89 Å². The van der Waals surface area contributed by atoms with Gasteiger partial charge in [0.25, 0.3) is 0 Å². The van der Waals surface area contributed by atoms with Crippen LogP contribution in [0.4, 0.5) is 4.39 Å². The van der Waals surface area contributed by atoms with E-state index in [1.54, 1.807) is 19.1 Å². The zero-order chi connectivity index (χ0) is 15.5. The molecular weight excluding hydrogens is 285 g/mol. The van der Waals surface area contributed by atoms with E-state index in [4.69, 9.17) is 4.52 Å². The molecule has 118 valence electrons. The SMILES string of the molecule is Cc1noc(CN2CCC(C(O)c3ccc(F)cc3)CC2)n1. The fourth-order valence-corrected chi connectivity index (χ4v) is 2.95. The molecule has 1 saturated heterocycles. The number of rotatable bonds is 4. The van der Waals surface area contributed by atoms with Crippen LogP contribution in [0.2, 0.25) is 0 Å². The Morgan fingerprint density at radius 2 is 2.00 bits per heavy atom. The minimum Gasteiger partial charge on any atom is -0.388 e. The number of hydrogen-bond acceptors (Lipinski definition) is 5. The lowest BCUT2D eigenvalue weighted by Gasteiger charge is -2.33. The summed E-state index contributed by atoms with van der Waals surface area (Å²) < 4.78 is 18.1. The molecule has 0 bridgehead atoms. The standard InChI is InChI=1S/C16H20FN3O2/c1-11-18-15(22-19-11)10-20-8-6-13(7-9-20)16(21)12-2-4-14(17)5-3-12/h2-5,13,16,21H,6-10H2,1H3. The number of piperidine rings is 1. The Morgan fingerprint density at radius 1 is 1.32 bits per heavy atom. The maximum atomic E-state index is 12.9. The van der Waals surface area contributed by atoms with E-state index in [0.29, 0.717) is 18.3 Å². The van der Waals surface area contributed by atoms with Crippen LogP contribution in [-0.4, -0.2) is 33.2 Å².